The molecule has 0 saturated heterocycles. The molecule has 0 radical (unpaired) electrons. The fourth-order valence-electron chi connectivity index (χ4n) is 1.11. The van der Waals surface area contributed by atoms with E-state index in [-0.39, 0.29) is 5.75 Å². The molecular weight excluding hydrogens is 228 g/mol. The first-order valence-electron chi connectivity index (χ1n) is 5.36. The minimum Gasteiger partial charge on any atom is -0.391 e. The minimum atomic E-state index is -0.851. The molecule has 0 fully saturated rings. The van der Waals surface area contributed by atoms with Gasteiger partial charge in [-0.2, -0.15) is 12.6 Å². The first-order chi connectivity index (χ1) is 7.56. The van der Waals surface area contributed by atoms with Crippen molar-refractivity contribution >= 4 is 24.6 Å². The van der Waals surface area contributed by atoms with Gasteiger partial charge in [-0.1, -0.05) is 19.8 Å². The van der Waals surface area contributed by atoms with Crippen molar-refractivity contribution < 1.29 is 14.3 Å². The number of nitrogens with one attached hydrogen (secondary N) is 1. The van der Waals surface area contributed by atoms with Gasteiger partial charge in [0, 0.05) is 5.75 Å². The number of hydrogen-bond acceptors (Lipinski definition) is 6. The van der Waals surface area contributed by atoms with Gasteiger partial charge in [0.2, 0.25) is 0 Å². The molecule has 0 aliphatic rings. The zero-order chi connectivity index (χ0) is 12.6. The monoisotopic (exact) mass is 248 g/mol. The number of rotatable bonds is 7. The summed E-state index contributed by atoms with van der Waals surface area (Å²) in [4.78, 5) is 22.8. The van der Waals surface area contributed by atoms with Gasteiger partial charge in [0.15, 0.2) is 0 Å². The van der Waals surface area contributed by atoms with Crippen molar-refractivity contribution in [2.24, 2.45) is 5.73 Å². The Labute approximate surface area is 102 Å². The van der Waals surface area contributed by atoms with Gasteiger partial charge in [0.25, 0.3) is 0 Å². The molecule has 2 atom stereocenters. The smallest absolute Gasteiger partial charge is 0.331 e. The molecule has 0 rings (SSSR count). The maximum absolute atomic E-state index is 11.5. The third-order valence-electron chi connectivity index (χ3n) is 2.18. The van der Waals surface area contributed by atoms with E-state index >= 15 is 0 Å². The maximum Gasteiger partial charge on any atom is 0.331 e. The molecule has 0 amide bonds. The van der Waals surface area contributed by atoms with Gasteiger partial charge < -0.3 is 15.8 Å². The molecule has 16 heavy (non-hydrogen) atoms. The number of ether oxygens (including phenoxy) is 1. The van der Waals surface area contributed by atoms with E-state index in [1.807, 2.05) is 6.92 Å². The van der Waals surface area contributed by atoms with E-state index in [9.17, 15) is 9.59 Å². The SMILES string of the molecule is CCCC[C@H](NC)C(=O)OC(=O)[C@H](N)CS. The Bertz CT molecular complexity index is 236. The van der Waals surface area contributed by atoms with Crippen LogP contribution in [0.4, 0.5) is 0 Å². The number of nitrogens with two attached hydrogens (primary N) is 1. The Kier molecular flexibility index (Phi) is 8.23. The molecule has 0 heterocycles. The number of hydrogen-bond donors (Lipinski definition) is 3. The largest absolute Gasteiger partial charge is 0.391 e. The maximum atomic E-state index is 11.5. The van der Waals surface area contributed by atoms with Crippen LogP contribution >= 0.6 is 12.6 Å². The lowest BCUT2D eigenvalue weighted by atomic mass is 10.1. The molecule has 0 aromatic heterocycles. The summed E-state index contributed by atoms with van der Waals surface area (Å²) in [6.45, 7) is 2.03. The van der Waals surface area contributed by atoms with Crippen LogP contribution < -0.4 is 11.1 Å². The Morgan fingerprint density at radius 1 is 1.44 bits per heavy atom. The summed E-state index contributed by atoms with van der Waals surface area (Å²) in [5.41, 5.74) is 5.38. The molecular formula is C10H20N2O3S. The van der Waals surface area contributed by atoms with Crippen molar-refractivity contribution in [3.8, 4) is 0 Å². The van der Waals surface area contributed by atoms with Crippen LogP contribution in [0.5, 0.6) is 0 Å². The van der Waals surface area contributed by atoms with Gasteiger partial charge in [-0.3, -0.25) is 0 Å². The Balaban J connectivity index is 4.15. The second-order valence-corrected chi connectivity index (χ2v) is 3.88. The van der Waals surface area contributed by atoms with E-state index in [1.165, 1.54) is 0 Å². The summed E-state index contributed by atoms with van der Waals surface area (Å²) in [5.74, 6) is -1.14. The highest BCUT2D eigenvalue weighted by Crippen LogP contribution is 2.03. The highest BCUT2D eigenvalue weighted by Gasteiger charge is 2.23. The molecule has 6 heteroatoms. The summed E-state index contributed by atoms with van der Waals surface area (Å²) in [6.07, 6.45) is 2.53. The van der Waals surface area contributed by atoms with Gasteiger partial charge in [-0.25, -0.2) is 9.59 Å². The number of esters is 2. The lowest BCUT2D eigenvalue weighted by molar-refractivity contribution is -0.161. The van der Waals surface area contributed by atoms with E-state index in [2.05, 4.69) is 22.7 Å². The van der Waals surface area contributed by atoms with Crippen LogP contribution in [0.3, 0.4) is 0 Å². The van der Waals surface area contributed by atoms with Crippen LogP contribution in [0.15, 0.2) is 0 Å². The van der Waals surface area contributed by atoms with E-state index in [0.29, 0.717) is 6.42 Å². The zero-order valence-electron chi connectivity index (χ0n) is 9.73. The summed E-state index contributed by atoms with van der Waals surface area (Å²) in [7, 11) is 1.66. The lowest BCUT2D eigenvalue weighted by Gasteiger charge is -2.15. The van der Waals surface area contributed by atoms with Crippen LogP contribution in [-0.2, 0) is 14.3 Å². The molecule has 0 aliphatic heterocycles. The fourth-order valence-corrected chi connectivity index (χ4v) is 1.26. The third-order valence-corrected chi connectivity index (χ3v) is 2.57. The number of likely N-dealkylation sites (N-methyl/N-ethyl adjacent to an activating group) is 1. The van der Waals surface area contributed by atoms with Crippen LogP contribution in [0.2, 0.25) is 0 Å². The van der Waals surface area contributed by atoms with Crippen LogP contribution in [0, 0.1) is 0 Å². The lowest BCUT2D eigenvalue weighted by Crippen LogP contribution is -2.41. The van der Waals surface area contributed by atoms with Crippen molar-refractivity contribution in [1.82, 2.24) is 5.32 Å². The predicted octanol–water partition coefficient (Wildman–Crippen LogP) is 0.0915. The number of carbonyl (C=O) groups is 2. The summed E-state index contributed by atoms with van der Waals surface area (Å²) < 4.78 is 4.64. The second kappa shape index (κ2) is 8.55. The molecule has 0 aromatic rings. The molecule has 0 bridgehead atoms. The normalized spacial score (nSPS) is 14.2. The Morgan fingerprint density at radius 2 is 2.06 bits per heavy atom. The quantitative estimate of drug-likeness (QED) is 0.338. The zero-order valence-corrected chi connectivity index (χ0v) is 10.6. The highest BCUT2D eigenvalue weighted by molar-refractivity contribution is 7.80. The molecule has 0 aliphatic carbocycles. The van der Waals surface area contributed by atoms with Crippen LogP contribution in [0.1, 0.15) is 26.2 Å². The number of carbonyl (C=O) groups excluding carboxylic acids is 2. The summed E-state index contributed by atoms with van der Waals surface area (Å²) in [5, 5.41) is 2.81. The van der Waals surface area contributed by atoms with E-state index in [0.717, 1.165) is 12.8 Å². The Morgan fingerprint density at radius 3 is 2.50 bits per heavy atom. The van der Waals surface area contributed by atoms with Crippen molar-refractivity contribution in [2.75, 3.05) is 12.8 Å². The molecule has 0 saturated carbocycles. The second-order valence-electron chi connectivity index (χ2n) is 3.51. The van der Waals surface area contributed by atoms with Crippen LogP contribution in [-0.4, -0.2) is 36.8 Å². The van der Waals surface area contributed by atoms with Crippen molar-refractivity contribution in [1.29, 1.82) is 0 Å². The van der Waals surface area contributed by atoms with Gasteiger partial charge >= 0.3 is 11.9 Å². The van der Waals surface area contributed by atoms with Gasteiger partial charge in [-0.15, -0.1) is 0 Å². The van der Waals surface area contributed by atoms with E-state index < -0.39 is 24.0 Å². The fraction of sp³-hybridized carbons (Fsp3) is 0.800. The van der Waals surface area contributed by atoms with Crippen molar-refractivity contribution in [3.05, 3.63) is 0 Å². The standard InChI is InChI=1S/C10H20N2O3S/c1-3-4-5-8(12-2)10(14)15-9(13)7(11)6-16/h7-8,12,16H,3-6,11H2,1-2H3/t7-,8+/m1/s1. The topological polar surface area (TPSA) is 81.4 Å². The predicted molar refractivity (Wildman–Crippen MR) is 65.3 cm³/mol. The first-order valence-corrected chi connectivity index (χ1v) is 5.99. The van der Waals surface area contributed by atoms with Gasteiger partial charge in [0.05, 0.1) is 0 Å². The first kappa shape index (κ1) is 15.4. The van der Waals surface area contributed by atoms with Crippen molar-refractivity contribution in [3.63, 3.8) is 0 Å². The summed E-state index contributed by atoms with van der Waals surface area (Å²) in [6, 6.07) is -1.30. The Hall–Kier alpha value is -0.590. The average Bonchev–Trinajstić information content (AvgIpc) is 2.28. The number of thiol groups is 1. The highest BCUT2D eigenvalue weighted by atomic mass is 32.1. The van der Waals surface area contributed by atoms with E-state index in [4.69, 9.17) is 5.73 Å². The number of unbranched alkanes of at least 4 members (excludes halogenated alkanes) is 1. The molecule has 3 N–H and O–H groups in total. The molecule has 94 valence electrons. The average molecular weight is 248 g/mol. The van der Waals surface area contributed by atoms with Crippen LogP contribution in [0.25, 0.3) is 0 Å². The van der Waals surface area contributed by atoms with Crippen molar-refractivity contribution in [2.45, 2.75) is 38.3 Å². The molecule has 0 spiro atoms. The molecule has 0 unspecified atom stereocenters. The van der Waals surface area contributed by atoms with E-state index in [1.54, 1.807) is 7.05 Å². The molecule has 0 aromatic carbocycles. The third kappa shape index (κ3) is 5.48. The molecule has 5 nitrogen and oxygen atoms in total. The van der Waals surface area contributed by atoms with Gasteiger partial charge in [0.1, 0.15) is 12.1 Å². The minimum absolute atomic E-state index is 0.158. The van der Waals surface area contributed by atoms with Gasteiger partial charge in [-0.05, 0) is 13.5 Å². The summed E-state index contributed by atoms with van der Waals surface area (Å²) >= 11 is 3.86.